The lowest BCUT2D eigenvalue weighted by atomic mass is 10.1. The molecule has 0 radical (unpaired) electrons. The zero-order valence-electron chi connectivity index (χ0n) is 10.0. The van der Waals surface area contributed by atoms with E-state index < -0.39 is 0 Å². The summed E-state index contributed by atoms with van der Waals surface area (Å²) in [6.07, 6.45) is 0.440. The molecule has 0 rings (SSSR count). The van der Waals surface area contributed by atoms with Crippen LogP contribution in [0, 0.1) is 5.92 Å². The summed E-state index contributed by atoms with van der Waals surface area (Å²) in [5.41, 5.74) is 0. The van der Waals surface area contributed by atoms with Gasteiger partial charge in [-0.25, -0.2) is 0 Å². The molecule has 0 heterocycles. The first-order valence-corrected chi connectivity index (χ1v) is 6.39. The van der Waals surface area contributed by atoms with E-state index in [0.29, 0.717) is 24.0 Å². The van der Waals surface area contributed by atoms with Crippen LogP contribution in [0.25, 0.3) is 0 Å². The van der Waals surface area contributed by atoms with E-state index >= 15 is 0 Å². The van der Waals surface area contributed by atoms with Gasteiger partial charge in [0.2, 0.25) is 5.91 Å². The maximum Gasteiger partial charge on any atom is 0.230 e. The Balaban J connectivity index is 3.51. The number of Topliss-reactive ketones (excluding diaryl/α,β-unsaturated/α-hetero) is 1. The Kier molecular flexibility index (Phi) is 7.48. The molecule has 4 heteroatoms. The molecule has 0 saturated heterocycles. The number of hydrogen-bond donors (Lipinski definition) is 1. The van der Waals surface area contributed by atoms with E-state index in [4.69, 9.17) is 0 Å². The molecule has 1 N–H and O–H groups in total. The minimum Gasteiger partial charge on any atom is -0.355 e. The van der Waals surface area contributed by atoms with Crippen molar-refractivity contribution in [2.75, 3.05) is 12.3 Å². The third kappa shape index (κ3) is 8.48. The van der Waals surface area contributed by atoms with E-state index in [2.05, 4.69) is 19.2 Å². The molecule has 0 aliphatic heterocycles. The predicted octanol–water partition coefficient (Wildman–Crippen LogP) is 1.86. The number of hydrogen-bond acceptors (Lipinski definition) is 3. The summed E-state index contributed by atoms with van der Waals surface area (Å²) in [6.45, 7) is 8.33. The van der Waals surface area contributed by atoms with Crippen LogP contribution in [-0.4, -0.2) is 29.2 Å². The number of ketones is 1. The van der Waals surface area contributed by atoms with Crippen LogP contribution < -0.4 is 5.32 Å². The highest BCUT2D eigenvalue weighted by Gasteiger charge is 2.08. The summed E-state index contributed by atoms with van der Waals surface area (Å²) in [7, 11) is 0. The van der Waals surface area contributed by atoms with Crippen molar-refractivity contribution in [1.82, 2.24) is 5.32 Å². The van der Waals surface area contributed by atoms with Crippen molar-refractivity contribution >= 4 is 23.5 Å². The van der Waals surface area contributed by atoms with Crippen LogP contribution >= 0.6 is 11.8 Å². The van der Waals surface area contributed by atoms with Crippen LogP contribution in [-0.2, 0) is 9.59 Å². The van der Waals surface area contributed by atoms with Crippen LogP contribution in [0.1, 0.15) is 34.1 Å². The molecule has 0 spiro atoms. The predicted molar refractivity (Wildman–Crippen MR) is 65.1 cm³/mol. The quantitative estimate of drug-likeness (QED) is 0.727. The highest BCUT2D eigenvalue weighted by atomic mass is 32.2. The molecule has 0 aliphatic rings. The first kappa shape index (κ1) is 14.5. The summed E-state index contributed by atoms with van der Waals surface area (Å²) in [4.78, 5) is 22.5. The molecule has 0 bridgehead atoms. The zero-order valence-corrected chi connectivity index (χ0v) is 10.8. The van der Waals surface area contributed by atoms with E-state index in [1.807, 2.05) is 13.8 Å². The van der Waals surface area contributed by atoms with Gasteiger partial charge >= 0.3 is 0 Å². The van der Waals surface area contributed by atoms with Gasteiger partial charge in [0.25, 0.3) is 0 Å². The lowest BCUT2D eigenvalue weighted by molar-refractivity contribution is -0.122. The number of nitrogens with one attached hydrogen (secondary N) is 1. The second-order valence-corrected chi connectivity index (χ2v) is 5.65. The third-order valence-corrected chi connectivity index (χ3v) is 2.98. The van der Waals surface area contributed by atoms with Gasteiger partial charge in [0.15, 0.2) is 0 Å². The van der Waals surface area contributed by atoms with Gasteiger partial charge in [-0.15, -0.1) is 11.8 Å². The van der Waals surface area contributed by atoms with Crippen LogP contribution in [0.5, 0.6) is 0 Å². The molecule has 3 nitrogen and oxygen atoms in total. The minimum absolute atomic E-state index is 0.0188. The first-order chi connectivity index (χ1) is 6.93. The van der Waals surface area contributed by atoms with Gasteiger partial charge in [-0.3, -0.25) is 9.59 Å². The Morgan fingerprint density at radius 3 is 2.27 bits per heavy atom. The largest absolute Gasteiger partial charge is 0.355 e. The average Bonchev–Trinajstić information content (AvgIpc) is 2.14. The van der Waals surface area contributed by atoms with Crippen molar-refractivity contribution in [3.05, 3.63) is 0 Å². The second-order valence-electron chi connectivity index (χ2n) is 4.08. The Hall–Kier alpha value is -0.510. The van der Waals surface area contributed by atoms with Gasteiger partial charge in [0, 0.05) is 18.9 Å². The summed E-state index contributed by atoms with van der Waals surface area (Å²) < 4.78 is 0. The van der Waals surface area contributed by atoms with Gasteiger partial charge in [0.05, 0.1) is 5.75 Å². The second kappa shape index (κ2) is 7.74. The third-order valence-electron chi connectivity index (χ3n) is 1.89. The summed E-state index contributed by atoms with van der Waals surface area (Å²) in [6, 6.07) is 0. The van der Waals surface area contributed by atoms with E-state index in [9.17, 15) is 9.59 Å². The Labute approximate surface area is 96.4 Å². The average molecular weight is 231 g/mol. The molecular formula is C11H21NO2S. The fraction of sp³-hybridized carbons (Fsp3) is 0.818. The molecule has 0 aromatic heterocycles. The van der Waals surface area contributed by atoms with Crippen molar-refractivity contribution in [2.24, 2.45) is 5.92 Å². The van der Waals surface area contributed by atoms with Gasteiger partial charge in [-0.2, -0.15) is 0 Å². The Morgan fingerprint density at radius 2 is 1.80 bits per heavy atom. The molecule has 15 heavy (non-hydrogen) atoms. The standard InChI is InChI=1S/C11H21NO2S/c1-8(2)10(13)5-6-12-11(14)7-15-9(3)4/h8-9H,5-7H2,1-4H3,(H,12,14). The number of rotatable bonds is 7. The maximum atomic E-state index is 11.3. The highest BCUT2D eigenvalue weighted by molar-refractivity contribution is 8.00. The number of carbonyl (C=O) groups excluding carboxylic acids is 2. The zero-order chi connectivity index (χ0) is 11.8. The number of thioether (sulfide) groups is 1. The molecule has 0 atom stereocenters. The van der Waals surface area contributed by atoms with Gasteiger partial charge in [0.1, 0.15) is 5.78 Å². The Morgan fingerprint density at radius 1 is 1.20 bits per heavy atom. The van der Waals surface area contributed by atoms with Crippen molar-refractivity contribution in [3.63, 3.8) is 0 Å². The Bertz CT molecular complexity index is 215. The van der Waals surface area contributed by atoms with Gasteiger partial charge in [-0.1, -0.05) is 27.7 Å². The normalized spacial score (nSPS) is 10.8. The fourth-order valence-corrected chi connectivity index (χ4v) is 1.49. The molecular weight excluding hydrogens is 210 g/mol. The molecule has 0 fully saturated rings. The smallest absolute Gasteiger partial charge is 0.230 e. The molecule has 1 amide bonds. The van der Waals surface area contributed by atoms with Crippen LogP contribution in [0.3, 0.4) is 0 Å². The SMILES string of the molecule is CC(C)SCC(=O)NCCC(=O)C(C)C. The van der Waals surface area contributed by atoms with E-state index in [1.54, 1.807) is 11.8 Å². The topological polar surface area (TPSA) is 46.2 Å². The molecule has 0 aliphatic carbocycles. The van der Waals surface area contributed by atoms with Gasteiger partial charge in [-0.05, 0) is 5.25 Å². The van der Waals surface area contributed by atoms with Crippen molar-refractivity contribution in [2.45, 2.75) is 39.4 Å². The first-order valence-electron chi connectivity index (χ1n) is 5.34. The molecule has 0 unspecified atom stereocenters. The number of carbonyl (C=O) groups is 2. The van der Waals surface area contributed by atoms with Crippen LogP contribution in [0.15, 0.2) is 0 Å². The minimum atomic E-state index is 0.0188. The molecule has 88 valence electrons. The lowest BCUT2D eigenvalue weighted by Crippen LogP contribution is -2.28. The highest BCUT2D eigenvalue weighted by Crippen LogP contribution is 2.07. The summed E-state index contributed by atoms with van der Waals surface area (Å²) >= 11 is 1.61. The van der Waals surface area contributed by atoms with Gasteiger partial charge < -0.3 is 5.32 Å². The van der Waals surface area contributed by atoms with E-state index in [0.717, 1.165) is 0 Å². The van der Waals surface area contributed by atoms with E-state index in [-0.39, 0.29) is 17.6 Å². The lowest BCUT2D eigenvalue weighted by Gasteiger charge is -2.07. The molecule has 0 aromatic carbocycles. The molecule has 0 saturated carbocycles. The number of amides is 1. The van der Waals surface area contributed by atoms with E-state index in [1.165, 1.54) is 0 Å². The van der Waals surface area contributed by atoms with Crippen molar-refractivity contribution in [3.8, 4) is 0 Å². The molecule has 0 aromatic rings. The summed E-state index contributed by atoms with van der Waals surface area (Å²) in [5, 5.41) is 3.21. The van der Waals surface area contributed by atoms with Crippen molar-refractivity contribution < 1.29 is 9.59 Å². The maximum absolute atomic E-state index is 11.3. The fourth-order valence-electron chi connectivity index (χ4n) is 0.907. The summed E-state index contributed by atoms with van der Waals surface area (Å²) in [5.74, 6) is 0.761. The monoisotopic (exact) mass is 231 g/mol. The van der Waals surface area contributed by atoms with Crippen LogP contribution in [0.4, 0.5) is 0 Å². The van der Waals surface area contributed by atoms with Crippen LogP contribution in [0.2, 0.25) is 0 Å². The van der Waals surface area contributed by atoms with Crippen molar-refractivity contribution in [1.29, 1.82) is 0 Å².